The number of carbonyl (C=O) groups is 1. The Labute approximate surface area is 146 Å². The molecule has 1 aliphatic carbocycles. The van der Waals surface area contributed by atoms with Crippen molar-refractivity contribution < 1.29 is 18.1 Å². The number of hydrogen-bond donors (Lipinski definition) is 3. The molecule has 138 valence electrons. The highest BCUT2D eigenvalue weighted by Crippen LogP contribution is 2.27. The molecule has 9 nitrogen and oxygen atoms in total. The summed E-state index contributed by atoms with van der Waals surface area (Å²) in [5.74, 6) is 0.423. The molecule has 2 rings (SSSR count). The van der Waals surface area contributed by atoms with E-state index in [1.54, 1.807) is 0 Å². The van der Waals surface area contributed by atoms with E-state index in [1.165, 1.54) is 25.0 Å². The average molecular weight is 370 g/mol. The Morgan fingerprint density at radius 2 is 2.00 bits per heavy atom. The first kappa shape index (κ1) is 19.1. The lowest BCUT2D eigenvalue weighted by molar-refractivity contribution is -0.384. The summed E-state index contributed by atoms with van der Waals surface area (Å²) in [6.45, 7) is 0.869. The van der Waals surface area contributed by atoms with Crippen molar-refractivity contribution in [2.75, 3.05) is 18.4 Å². The Kier molecular flexibility index (Phi) is 6.32. The Morgan fingerprint density at radius 3 is 2.60 bits per heavy atom. The predicted molar refractivity (Wildman–Crippen MR) is 92.5 cm³/mol. The molecule has 0 aromatic heterocycles. The minimum absolute atomic E-state index is 0.122. The van der Waals surface area contributed by atoms with Gasteiger partial charge in [0.15, 0.2) is 0 Å². The number of carbonyl (C=O) groups excluding carboxylic acids is 1. The van der Waals surface area contributed by atoms with Crippen molar-refractivity contribution in [1.82, 2.24) is 5.32 Å². The molecular weight excluding hydrogens is 348 g/mol. The molecule has 0 radical (unpaired) electrons. The first-order valence-electron chi connectivity index (χ1n) is 8.09. The zero-order chi connectivity index (χ0) is 18.4. The fraction of sp³-hybridized carbons (Fsp3) is 0.533. The smallest absolute Gasteiger partial charge is 0.293 e. The molecule has 10 heteroatoms. The molecule has 25 heavy (non-hydrogen) atoms. The van der Waals surface area contributed by atoms with Crippen LogP contribution < -0.4 is 15.8 Å². The number of anilines is 1. The summed E-state index contributed by atoms with van der Waals surface area (Å²) >= 11 is 0. The van der Waals surface area contributed by atoms with E-state index in [4.69, 9.17) is 5.14 Å². The highest BCUT2D eigenvalue weighted by Gasteiger charge is 2.19. The topological polar surface area (TPSA) is 144 Å². The lowest BCUT2D eigenvalue weighted by Gasteiger charge is -2.11. The summed E-state index contributed by atoms with van der Waals surface area (Å²) in [6, 6.07) is 3.36. The SMILES string of the molecule is NS(=O)(=O)c1ccc(NCCC(=O)NCC2CCCC2)c([N+](=O)[O-])c1. The van der Waals surface area contributed by atoms with Crippen LogP contribution in [0.3, 0.4) is 0 Å². The van der Waals surface area contributed by atoms with Crippen LogP contribution in [0.15, 0.2) is 23.1 Å². The van der Waals surface area contributed by atoms with E-state index in [-0.39, 0.29) is 29.5 Å². The molecule has 0 saturated heterocycles. The number of nitro groups is 1. The summed E-state index contributed by atoms with van der Waals surface area (Å²) in [5.41, 5.74) is -0.265. The van der Waals surface area contributed by atoms with E-state index in [1.807, 2.05) is 0 Å². The van der Waals surface area contributed by atoms with Crippen LogP contribution >= 0.6 is 0 Å². The number of primary sulfonamides is 1. The van der Waals surface area contributed by atoms with E-state index in [0.717, 1.165) is 18.9 Å². The number of amides is 1. The Bertz CT molecular complexity index is 744. The van der Waals surface area contributed by atoms with Crippen LogP contribution in [0.5, 0.6) is 0 Å². The molecule has 1 aromatic rings. The van der Waals surface area contributed by atoms with Crippen LogP contribution in [0, 0.1) is 16.0 Å². The first-order valence-corrected chi connectivity index (χ1v) is 9.64. The molecule has 1 aliphatic rings. The number of rotatable bonds is 8. The summed E-state index contributed by atoms with van der Waals surface area (Å²) in [5, 5.41) is 21.7. The van der Waals surface area contributed by atoms with Crippen LogP contribution in [0.2, 0.25) is 0 Å². The van der Waals surface area contributed by atoms with Gasteiger partial charge in [0.25, 0.3) is 5.69 Å². The minimum atomic E-state index is -4.02. The van der Waals surface area contributed by atoms with Gasteiger partial charge in [-0.15, -0.1) is 0 Å². The van der Waals surface area contributed by atoms with Crippen molar-refractivity contribution >= 4 is 27.3 Å². The Morgan fingerprint density at radius 1 is 1.32 bits per heavy atom. The maximum atomic E-state index is 11.8. The van der Waals surface area contributed by atoms with Gasteiger partial charge in [-0.1, -0.05) is 12.8 Å². The molecule has 1 fully saturated rings. The summed E-state index contributed by atoms with van der Waals surface area (Å²) in [4.78, 5) is 21.9. The van der Waals surface area contributed by atoms with Crippen molar-refractivity contribution in [1.29, 1.82) is 0 Å². The standard InChI is InChI=1S/C15H22N4O5S/c16-25(23,24)12-5-6-13(14(9-12)19(21)22)17-8-7-15(20)18-10-11-3-1-2-4-11/h5-6,9,11,17H,1-4,7-8,10H2,(H,18,20)(H2,16,23,24). The molecule has 0 unspecified atom stereocenters. The van der Waals surface area contributed by atoms with E-state index >= 15 is 0 Å². The fourth-order valence-corrected chi connectivity index (χ4v) is 3.39. The van der Waals surface area contributed by atoms with Crippen LogP contribution in [0.4, 0.5) is 11.4 Å². The molecule has 0 spiro atoms. The second kappa shape index (κ2) is 8.26. The number of nitrogens with zero attached hydrogens (tertiary/aromatic N) is 1. The quantitative estimate of drug-likeness (QED) is 0.465. The number of nitro benzene ring substituents is 1. The van der Waals surface area contributed by atoms with E-state index in [2.05, 4.69) is 10.6 Å². The third kappa shape index (κ3) is 5.68. The number of nitrogens with two attached hydrogens (primary N) is 1. The second-order valence-electron chi connectivity index (χ2n) is 6.11. The third-order valence-corrected chi connectivity index (χ3v) is 5.14. The molecule has 0 atom stereocenters. The van der Waals surface area contributed by atoms with Gasteiger partial charge in [-0.2, -0.15) is 0 Å². The highest BCUT2D eigenvalue weighted by atomic mass is 32.2. The summed E-state index contributed by atoms with van der Waals surface area (Å²) in [6.07, 6.45) is 4.86. The van der Waals surface area contributed by atoms with Crippen LogP contribution in [0.25, 0.3) is 0 Å². The van der Waals surface area contributed by atoms with Crippen molar-refractivity contribution in [3.05, 3.63) is 28.3 Å². The molecular formula is C15H22N4O5S. The normalized spacial score (nSPS) is 15.1. The van der Waals surface area contributed by atoms with Gasteiger partial charge in [-0.05, 0) is 30.9 Å². The molecule has 0 heterocycles. The molecule has 1 saturated carbocycles. The van der Waals surface area contributed by atoms with Crippen molar-refractivity contribution in [2.45, 2.75) is 37.0 Å². The van der Waals surface area contributed by atoms with Crippen molar-refractivity contribution in [2.24, 2.45) is 11.1 Å². The second-order valence-corrected chi connectivity index (χ2v) is 7.67. The van der Waals surface area contributed by atoms with Gasteiger partial charge in [0.1, 0.15) is 5.69 Å². The monoisotopic (exact) mass is 370 g/mol. The summed E-state index contributed by atoms with van der Waals surface area (Å²) in [7, 11) is -4.02. The molecule has 0 bridgehead atoms. The van der Waals surface area contributed by atoms with Crippen LogP contribution in [-0.2, 0) is 14.8 Å². The van der Waals surface area contributed by atoms with Crippen molar-refractivity contribution in [3.63, 3.8) is 0 Å². The molecule has 4 N–H and O–H groups in total. The number of nitrogens with one attached hydrogen (secondary N) is 2. The van der Waals surface area contributed by atoms with Gasteiger partial charge in [-0.25, -0.2) is 13.6 Å². The number of hydrogen-bond acceptors (Lipinski definition) is 6. The summed E-state index contributed by atoms with van der Waals surface area (Å²) < 4.78 is 22.6. The number of benzene rings is 1. The van der Waals surface area contributed by atoms with Gasteiger partial charge in [0.05, 0.1) is 9.82 Å². The molecule has 0 aliphatic heterocycles. The number of sulfonamides is 1. The minimum Gasteiger partial charge on any atom is -0.379 e. The Hall–Kier alpha value is -2.20. The largest absolute Gasteiger partial charge is 0.379 e. The van der Waals surface area contributed by atoms with Gasteiger partial charge in [0.2, 0.25) is 15.9 Å². The van der Waals surface area contributed by atoms with Gasteiger partial charge in [0, 0.05) is 25.6 Å². The Balaban J connectivity index is 1.89. The third-order valence-electron chi connectivity index (χ3n) is 4.22. The van der Waals surface area contributed by atoms with Gasteiger partial charge < -0.3 is 10.6 Å². The van der Waals surface area contributed by atoms with Crippen LogP contribution in [-0.4, -0.2) is 32.3 Å². The lowest BCUT2D eigenvalue weighted by Crippen LogP contribution is -2.29. The van der Waals surface area contributed by atoms with E-state index < -0.39 is 20.6 Å². The maximum Gasteiger partial charge on any atom is 0.293 e. The molecule has 1 aromatic carbocycles. The predicted octanol–water partition coefficient (Wildman–Crippen LogP) is 1.35. The molecule has 1 amide bonds. The van der Waals surface area contributed by atoms with E-state index in [0.29, 0.717) is 12.5 Å². The van der Waals surface area contributed by atoms with Gasteiger partial charge in [-0.3, -0.25) is 14.9 Å². The van der Waals surface area contributed by atoms with Gasteiger partial charge >= 0.3 is 0 Å². The van der Waals surface area contributed by atoms with Crippen LogP contribution in [0.1, 0.15) is 32.1 Å². The maximum absolute atomic E-state index is 11.8. The zero-order valence-corrected chi connectivity index (χ0v) is 14.5. The van der Waals surface area contributed by atoms with Crippen molar-refractivity contribution in [3.8, 4) is 0 Å². The highest BCUT2D eigenvalue weighted by molar-refractivity contribution is 7.89. The van der Waals surface area contributed by atoms with E-state index in [9.17, 15) is 23.3 Å². The fourth-order valence-electron chi connectivity index (χ4n) is 2.86. The zero-order valence-electron chi connectivity index (χ0n) is 13.7. The average Bonchev–Trinajstić information content (AvgIpc) is 3.05. The first-order chi connectivity index (χ1) is 11.8. The lowest BCUT2D eigenvalue weighted by atomic mass is 10.1.